The number of para-hydroxylation sites is 2. The normalized spacial score (nSPS) is 14.7. The third kappa shape index (κ3) is 2.56. The number of furan rings is 1. The predicted molar refractivity (Wildman–Crippen MR) is 125 cm³/mol. The topological polar surface area (TPSA) is 71.3 Å². The fraction of sp³-hybridized carbons (Fsp3) is 0.154. The zero-order valence-electron chi connectivity index (χ0n) is 18.4. The van der Waals surface area contributed by atoms with E-state index in [-0.39, 0.29) is 5.56 Å². The summed E-state index contributed by atoms with van der Waals surface area (Å²) in [5.41, 5.74) is 3.97. The quantitative estimate of drug-likeness (QED) is 0.416. The molecule has 0 spiro atoms. The van der Waals surface area contributed by atoms with E-state index in [0.29, 0.717) is 28.1 Å². The van der Waals surface area contributed by atoms with Gasteiger partial charge in [-0.2, -0.15) is 0 Å². The number of rotatable bonds is 2. The van der Waals surface area contributed by atoms with Gasteiger partial charge in [-0.15, -0.1) is 0 Å². The molecule has 0 bridgehead atoms. The van der Waals surface area contributed by atoms with Crippen LogP contribution in [0.2, 0.25) is 0 Å². The average Bonchev–Trinajstić information content (AvgIpc) is 3.48. The first-order valence-corrected chi connectivity index (χ1v) is 10.7. The fourth-order valence-corrected chi connectivity index (χ4v) is 4.84. The second-order valence-corrected chi connectivity index (χ2v) is 8.29. The van der Waals surface area contributed by atoms with Crippen molar-refractivity contribution in [1.82, 2.24) is 13.7 Å². The monoisotopic (exact) mass is 439 g/mol. The maximum Gasteiger partial charge on any atom is 0.331 e. The molecule has 0 radical (unpaired) electrons. The van der Waals surface area contributed by atoms with Crippen LogP contribution in [0, 0.1) is 6.92 Å². The Labute approximate surface area is 188 Å². The summed E-state index contributed by atoms with van der Waals surface area (Å²) < 4.78 is 16.9. The minimum absolute atomic E-state index is 0.344. The summed E-state index contributed by atoms with van der Waals surface area (Å²) in [5.74, 6) is 1.26. The molecule has 4 heterocycles. The highest BCUT2D eigenvalue weighted by molar-refractivity contribution is 5.98. The number of benzene rings is 2. The molecule has 1 atom stereocenters. The van der Waals surface area contributed by atoms with E-state index in [2.05, 4.69) is 4.57 Å². The molecule has 0 saturated carbocycles. The van der Waals surface area contributed by atoms with E-state index in [0.717, 1.165) is 27.1 Å². The molecule has 0 amide bonds. The molecule has 7 heteroatoms. The van der Waals surface area contributed by atoms with Gasteiger partial charge < -0.3 is 13.7 Å². The van der Waals surface area contributed by atoms with Gasteiger partial charge in [0.25, 0.3) is 5.56 Å². The van der Waals surface area contributed by atoms with E-state index in [1.54, 1.807) is 19.4 Å². The average molecular weight is 439 g/mol. The smallest absolute Gasteiger partial charge is 0.331 e. The first-order chi connectivity index (χ1) is 16.0. The van der Waals surface area contributed by atoms with Crippen LogP contribution in [-0.2, 0) is 14.1 Å². The van der Waals surface area contributed by atoms with Gasteiger partial charge in [0.05, 0.1) is 34.2 Å². The van der Waals surface area contributed by atoms with E-state index < -0.39 is 11.8 Å². The highest BCUT2D eigenvalue weighted by Gasteiger charge is 2.37. The number of aromatic nitrogens is 3. The molecular formula is C26H21N3O4. The van der Waals surface area contributed by atoms with Crippen molar-refractivity contribution in [1.29, 1.82) is 0 Å². The molecule has 0 aliphatic carbocycles. The largest absolute Gasteiger partial charge is 0.474 e. The summed E-state index contributed by atoms with van der Waals surface area (Å²) in [6, 6.07) is 19.3. The Morgan fingerprint density at radius 2 is 1.64 bits per heavy atom. The van der Waals surface area contributed by atoms with Crippen molar-refractivity contribution in [2.75, 3.05) is 0 Å². The van der Waals surface area contributed by atoms with Crippen molar-refractivity contribution in [3.05, 3.63) is 105 Å². The number of nitrogens with zero attached hydrogens (tertiary/aromatic N) is 3. The van der Waals surface area contributed by atoms with Crippen molar-refractivity contribution < 1.29 is 9.15 Å². The number of fused-ring (bicyclic) bond motifs is 5. The molecule has 0 saturated heterocycles. The maximum absolute atomic E-state index is 13.6. The van der Waals surface area contributed by atoms with Crippen molar-refractivity contribution in [3.8, 4) is 22.7 Å². The van der Waals surface area contributed by atoms with Gasteiger partial charge in [-0.25, -0.2) is 4.79 Å². The molecule has 33 heavy (non-hydrogen) atoms. The first kappa shape index (κ1) is 19.4. The van der Waals surface area contributed by atoms with E-state index in [9.17, 15) is 9.59 Å². The van der Waals surface area contributed by atoms with E-state index in [1.807, 2.05) is 61.5 Å². The predicted octanol–water partition coefficient (Wildman–Crippen LogP) is 4.08. The molecule has 1 aliphatic rings. The lowest BCUT2D eigenvalue weighted by Gasteiger charge is -2.28. The van der Waals surface area contributed by atoms with Gasteiger partial charge in [0.2, 0.25) is 0 Å². The highest BCUT2D eigenvalue weighted by atomic mass is 16.5. The lowest BCUT2D eigenvalue weighted by atomic mass is 10.0. The molecule has 3 aromatic heterocycles. The van der Waals surface area contributed by atoms with E-state index in [4.69, 9.17) is 9.15 Å². The van der Waals surface area contributed by atoms with E-state index in [1.165, 1.54) is 11.6 Å². The molecule has 0 fully saturated rings. The number of ether oxygens (including phenoxy) is 1. The standard InChI is InChI=1S/C26H21N3O4/c1-15-9-4-5-10-16(15)21-20-22(27(2)26(31)28(3)25(20)30)23-24(19-13-8-14-32-19)33-18-12-7-6-11-17(18)29(21)23/h4-14,24H,1-3H3/t24-/m0/s1. The molecule has 164 valence electrons. The van der Waals surface area contributed by atoms with Crippen LogP contribution in [0.1, 0.15) is 23.1 Å². The number of hydrogen-bond acceptors (Lipinski definition) is 4. The summed E-state index contributed by atoms with van der Waals surface area (Å²) in [6.07, 6.45) is 0.961. The SMILES string of the molecule is Cc1ccccc1-c1c2c(=O)n(C)c(=O)n(C)c2c2n1-c1ccccc1O[C@H]2c1ccco1. The van der Waals surface area contributed by atoms with Crippen LogP contribution in [0.25, 0.3) is 27.8 Å². The Morgan fingerprint density at radius 1 is 0.879 bits per heavy atom. The lowest BCUT2D eigenvalue weighted by molar-refractivity contribution is 0.199. The van der Waals surface area contributed by atoms with Crippen LogP contribution < -0.4 is 16.0 Å². The van der Waals surface area contributed by atoms with Crippen LogP contribution in [0.3, 0.4) is 0 Å². The van der Waals surface area contributed by atoms with Gasteiger partial charge in [-0.1, -0.05) is 36.4 Å². The number of aryl methyl sites for hydroxylation is 2. The lowest BCUT2D eigenvalue weighted by Crippen LogP contribution is -2.37. The van der Waals surface area contributed by atoms with Gasteiger partial charge in [0, 0.05) is 19.7 Å². The molecule has 6 rings (SSSR count). The van der Waals surface area contributed by atoms with Gasteiger partial charge >= 0.3 is 5.69 Å². The molecule has 5 aromatic rings. The van der Waals surface area contributed by atoms with Gasteiger partial charge in [0.1, 0.15) is 5.75 Å². The summed E-state index contributed by atoms with van der Waals surface area (Å²) in [7, 11) is 3.20. The van der Waals surface area contributed by atoms with Crippen LogP contribution in [0.15, 0.2) is 80.9 Å². The Kier molecular flexibility index (Phi) is 4.04. The van der Waals surface area contributed by atoms with Crippen molar-refractivity contribution >= 4 is 10.9 Å². The Bertz CT molecular complexity index is 1670. The Morgan fingerprint density at radius 3 is 2.39 bits per heavy atom. The van der Waals surface area contributed by atoms with E-state index >= 15 is 0 Å². The fourth-order valence-electron chi connectivity index (χ4n) is 4.84. The van der Waals surface area contributed by atoms with Crippen molar-refractivity contribution in [3.63, 3.8) is 0 Å². The zero-order valence-corrected chi connectivity index (χ0v) is 18.4. The summed E-state index contributed by atoms with van der Waals surface area (Å²) in [4.78, 5) is 26.6. The van der Waals surface area contributed by atoms with Gasteiger partial charge in [-0.05, 0) is 36.8 Å². The van der Waals surface area contributed by atoms with Crippen LogP contribution in [-0.4, -0.2) is 13.7 Å². The van der Waals surface area contributed by atoms with Crippen LogP contribution in [0.5, 0.6) is 5.75 Å². The molecular weight excluding hydrogens is 418 g/mol. The molecule has 0 N–H and O–H groups in total. The zero-order chi connectivity index (χ0) is 22.9. The number of hydrogen-bond donors (Lipinski definition) is 0. The van der Waals surface area contributed by atoms with Gasteiger partial charge in [0.15, 0.2) is 11.9 Å². The van der Waals surface area contributed by atoms with Gasteiger partial charge in [-0.3, -0.25) is 13.9 Å². The summed E-state index contributed by atoms with van der Waals surface area (Å²) in [6.45, 7) is 2.02. The molecule has 2 aromatic carbocycles. The minimum Gasteiger partial charge on any atom is -0.474 e. The first-order valence-electron chi connectivity index (χ1n) is 10.7. The van der Waals surface area contributed by atoms with Crippen LogP contribution in [0.4, 0.5) is 0 Å². The summed E-state index contributed by atoms with van der Waals surface area (Å²) in [5, 5.41) is 0.473. The third-order valence-electron chi connectivity index (χ3n) is 6.41. The third-order valence-corrected chi connectivity index (χ3v) is 6.41. The second-order valence-electron chi connectivity index (χ2n) is 8.29. The summed E-state index contributed by atoms with van der Waals surface area (Å²) >= 11 is 0. The Balaban J connectivity index is 1.91. The van der Waals surface area contributed by atoms with Crippen molar-refractivity contribution in [2.45, 2.75) is 13.0 Å². The highest BCUT2D eigenvalue weighted by Crippen LogP contribution is 2.46. The maximum atomic E-state index is 13.6. The molecule has 0 unspecified atom stereocenters. The second kappa shape index (κ2) is 6.87. The Hall–Kier alpha value is -4.26. The van der Waals surface area contributed by atoms with Crippen molar-refractivity contribution in [2.24, 2.45) is 14.1 Å². The minimum atomic E-state index is -0.632. The molecule has 1 aliphatic heterocycles. The van der Waals surface area contributed by atoms with Crippen LogP contribution >= 0.6 is 0 Å². The molecule has 7 nitrogen and oxygen atoms in total.